The van der Waals surface area contributed by atoms with E-state index in [1.807, 2.05) is 0 Å². The Bertz CT molecular complexity index is 645. The van der Waals surface area contributed by atoms with Crippen LogP contribution in [0.2, 0.25) is 0 Å². The molecule has 0 bridgehead atoms. The normalized spacial score (nSPS) is 50.4. The molecule has 32 heavy (non-hydrogen) atoms. The molecule has 0 aromatic heterocycles. The minimum atomic E-state index is -1.59. The van der Waals surface area contributed by atoms with Crippen LogP contribution in [0.5, 0.6) is 0 Å². The van der Waals surface area contributed by atoms with Gasteiger partial charge in [0.1, 0.15) is 36.6 Å². The lowest BCUT2D eigenvalue weighted by Gasteiger charge is -2.45. The van der Waals surface area contributed by atoms with Gasteiger partial charge in [-0.1, -0.05) is 0 Å². The predicted octanol–water partition coefficient (Wildman–Crippen LogP) is -6.05. The molecule has 186 valence electrons. The maximum absolute atomic E-state index is 12.5. The van der Waals surface area contributed by atoms with Crippen molar-refractivity contribution in [3.63, 3.8) is 0 Å². The van der Waals surface area contributed by atoms with Gasteiger partial charge >= 0.3 is 0 Å². The molecule has 3 fully saturated rings. The van der Waals surface area contributed by atoms with Crippen molar-refractivity contribution in [3.8, 4) is 0 Å². The predicted molar refractivity (Wildman–Crippen MR) is 105 cm³/mol. The molecular weight excluding hydrogens is 432 g/mol. The lowest BCUT2D eigenvalue weighted by molar-refractivity contribution is -0.306. The van der Waals surface area contributed by atoms with Crippen molar-refractivity contribution in [2.75, 3.05) is 13.2 Å². The number of aliphatic hydroxyl groups is 5. The second-order valence-electron chi connectivity index (χ2n) is 8.51. The summed E-state index contributed by atoms with van der Waals surface area (Å²) in [6.45, 7) is -0.587. The van der Waals surface area contributed by atoms with E-state index in [1.54, 1.807) is 0 Å². The molecular formula is C18H34N4O10. The van der Waals surface area contributed by atoms with Crippen LogP contribution in [0, 0.1) is 0 Å². The molecule has 2 saturated heterocycles. The third-order valence-corrected chi connectivity index (χ3v) is 6.17. The van der Waals surface area contributed by atoms with Crippen LogP contribution in [0.1, 0.15) is 12.8 Å². The quantitative estimate of drug-likeness (QED) is 0.176. The van der Waals surface area contributed by atoms with E-state index in [2.05, 4.69) is 0 Å². The first-order chi connectivity index (χ1) is 15.1. The molecule has 14 nitrogen and oxygen atoms in total. The summed E-state index contributed by atoms with van der Waals surface area (Å²) >= 11 is 0. The highest BCUT2D eigenvalue weighted by molar-refractivity contribution is 5.85. The molecule has 0 aromatic carbocycles. The summed E-state index contributed by atoms with van der Waals surface area (Å²) in [6.07, 6.45) is -12.5. The van der Waals surface area contributed by atoms with Gasteiger partial charge < -0.3 is 67.4 Å². The van der Waals surface area contributed by atoms with Gasteiger partial charge in [-0.2, -0.15) is 0 Å². The van der Waals surface area contributed by atoms with E-state index in [9.17, 15) is 30.3 Å². The molecule has 14 heteroatoms. The third kappa shape index (κ3) is 5.12. The molecule has 0 aromatic rings. The third-order valence-electron chi connectivity index (χ3n) is 6.17. The smallest absolute Gasteiger partial charge is 0.186 e. The van der Waals surface area contributed by atoms with Crippen LogP contribution in [0.3, 0.4) is 0 Å². The van der Waals surface area contributed by atoms with Gasteiger partial charge in [0.15, 0.2) is 18.4 Å². The summed E-state index contributed by atoms with van der Waals surface area (Å²) in [5.74, 6) is -0.565. The average molecular weight is 466 g/mol. The topological polar surface area (TPSA) is 259 Å². The summed E-state index contributed by atoms with van der Waals surface area (Å²) in [5.41, 5.74) is 23.4. The first kappa shape index (κ1) is 25.8. The van der Waals surface area contributed by atoms with Crippen LogP contribution in [0.25, 0.3) is 0 Å². The van der Waals surface area contributed by atoms with E-state index >= 15 is 0 Å². The van der Waals surface area contributed by atoms with Crippen molar-refractivity contribution in [1.29, 1.82) is 0 Å². The molecule has 2 heterocycles. The van der Waals surface area contributed by atoms with Gasteiger partial charge in [0.2, 0.25) is 0 Å². The molecule has 1 aliphatic carbocycles. The summed E-state index contributed by atoms with van der Waals surface area (Å²) < 4.78 is 22.2. The summed E-state index contributed by atoms with van der Waals surface area (Å²) in [7, 11) is 0. The number of hydrogen-bond donors (Lipinski definition) is 9. The molecule has 0 spiro atoms. The molecule has 0 unspecified atom stereocenters. The lowest BCUT2D eigenvalue weighted by atomic mass is 9.86. The van der Waals surface area contributed by atoms with Gasteiger partial charge in [0.25, 0.3) is 0 Å². The van der Waals surface area contributed by atoms with E-state index in [0.717, 1.165) is 0 Å². The Kier molecular flexibility index (Phi) is 8.54. The van der Waals surface area contributed by atoms with Crippen molar-refractivity contribution >= 4 is 5.78 Å². The summed E-state index contributed by atoms with van der Waals surface area (Å²) in [6, 6.07) is -2.87. The number of aliphatic hydroxyl groups excluding tert-OH is 5. The van der Waals surface area contributed by atoms with E-state index in [1.165, 1.54) is 0 Å². The fourth-order valence-electron chi connectivity index (χ4n) is 4.20. The maximum Gasteiger partial charge on any atom is 0.186 e. The highest BCUT2D eigenvalue weighted by Crippen LogP contribution is 2.29. The molecule has 2 aliphatic heterocycles. The van der Waals surface area contributed by atoms with E-state index in [-0.39, 0.29) is 19.4 Å². The number of ketones is 1. The second kappa shape index (κ2) is 10.6. The van der Waals surface area contributed by atoms with E-state index in [4.69, 9.17) is 41.9 Å². The minimum absolute atomic E-state index is 0.0201. The number of carbonyl (C=O) groups is 1. The Hall–Kier alpha value is -0.850. The fraction of sp³-hybridized carbons (Fsp3) is 0.944. The number of nitrogens with two attached hydrogens (primary N) is 4. The monoisotopic (exact) mass is 466 g/mol. The van der Waals surface area contributed by atoms with E-state index < -0.39 is 91.9 Å². The van der Waals surface area contributed by atoms with Crippen molar-refractivity contribution < 1.29 is 49.3 Å². The Morgan fingerprint density at radius 1 is 0.906 bits per heavy atom. The average Bonchev–Trinajstić information content (AvgIpc) is 2.75. The fourth-order valence-corrected chi connectivity index (χ4v) is 4.20. The van der Waals surface area contributed by atoms with Crippen LogP contribution in [0.15, 0.2) is 0 Å². The van der Waals surface area contributed by atoms with E-state index in [0.29, 0.717) is 0 Å². The summed E-state index contributed by atoms with van der Waals surface area (Å²) in [4.78, 5) is 12.5. The largest absolute Gasteiger partial charge is 0.394 e. The number of carbonyl (C=O) groups excluding carboxylic acids is 1. The Balaban J connectivity index is 1.71. The van der Waals surface area contributed by atoms with Crippen molar-refractivity contribution in [2.24, 2.45) is 22.9 Å². The zero-order valence-electron chi connectivity index (χ0n) is 17.4. The van der Waals surface area contributed by atoms with Crippen LogP contribution in [0.4, 0.5) is 0 Å². The number of ether oxygens (including phenoxy) is 4. The Morgan fingerprint density at radius 2 is 1.56 bits per heavy atom. The second-order valence-corrected chi connectivity index (χ2v) is 8.51. The molecule has 0 amide bonds. The Morgan fingerprint density at radius 3 is 2.19 bits per heavy atom. The van der Waals surface area contributed by atoms with Crippen molar-refractivity contribution in [3.05, 3.63) is 0 Å². The highest BCUT2D eigenvalue weighted by Gasteiger charge is 2.50. The first-order valence-corrected chi connectivity index (χ1v) is 10.5. The lowest BCUT2D eigenvalue weighted by Crippen LogP contribution is -2.66. The van der Waals surface area contributed by atoms with Gasteiger partial charge in [0.05, 0.1) is 30.9 Å². The molecule has 0 radical (unpaired) electrons. The van der Waals surface area contributed by atoms with Gasteiger partial charge in [-0.15, -0.1) is 0 Å². The molecule has 13 N–H and O–H groups in total. The van der Waals surface area contributed by atoms with Crippen LogP contribution in [-0.4, -0.2) is 124 Å². The van der Waals surface area contributed by atoms with Gasteiger partial charge in [0, 0.05) is 19.0 Å². The minimum Gasteiger partial charge on any atom is -0.394 e. The van der Waals surface area contributed by atoms with Gasteiger partial charge in [-0.3, -0.25) is 4.79 Å². The SMILES string of the molecule is NC[C@H]1O[C@H](O[C@H]2[C@H](O)[C@@H](O[C@H]3O[C@H](CO)[C@@H](O)[C@H](N)[C@H]3O)C(=O)C[C@@H]2N)[C@H](N)C[C@@H]1O. The van der Waals surface area contributed by atoms with Gasteiger partial charge in [-0.05, 0) is 6.42 Å². The molecule has 13 atom stereocenters. The highest BCUT2D eigenvalue weighted by atomic mass is 16.7. The zero-order chi connectivity index (χ0) is 23.7. The Labute approximate surface area is 184 Å². The first-order valence-electron chi connectivity index (χ1n) is 10.5. The summed E-state index contributed by atoms with van der Waals surface area (Å²) in [5, 5.41) is 50.4. The van der Waals surface area contributed by atoms with Crippen LogP contribution >= 0.6 is 0 Å². The molecule has 3 aliphatic rings. The van der Waals surface area contributed by atoms with Crippen LogP contribution < -0.4 is 22.9 Å². The maximum atomic E-state index is 12.5. The standard InChI is InChI=1S/C18H34N4O10/c19-3-9-7(24)2-6(21)17(29-9)31-15-5(20)1-8(25)16(14(15)28)32-18-13(27)11(22)12(26)10(4-23)30-18/h5-7,9-18,23-24,26-28H,1-4,19-22H2/t5-,6+,7-,9+,10+,11-,12+,13+,14-,15+,16-,17+,18+/m0/s1. The molecule has 3 rings (SSSR count). The number of Topliss-reactive ketones (excluding diaryl/α,β-unsaturated/α-hetero) is 1. The van der Waals surface area contributed by atoms with Crippen molar-refractivity contribution in [2.45, 2.75) is 92.4 Å². The van der Waals surface area contributed by atoms with Crippen molar-refractivity contribution in [1.82, 2.24) is 0 Å². The molecule has 1 saturated carbocycles. The van der Waals surface area contributed by atoms with Crippen LogP contribution in [-0.2, 0) is 23.7 Å². The van der Waals surface area contributed by atoms with Gasteiger partial charge in [-0.25, -0.2) is 0 Å². The zero-order valence-corrected chi connectivity index (χ0v) is 17.4. The number of rotatable bonds is 6. The number of hydrogen-bond acceptors (Lipinski definition) is 14.